The van der Waals surface area contributed by atoms with Crippen LogP contribution in [0.5, 0.6) is 0 Å². The van der Waals surface area contributed by atoms with Crippen LogP contribution in [0, 0.1) is 0 Å². The van der Waals surface area contributed by atoms with Gasteiger partial charge in [0.05, 0.1) is 0 Å². The number of hydrogen-bond donors (Lipinski definition) is 0. The zero-order valence-electron chi connectivity index (χ0n) is 15.4. The van der Waals surface area contributed by atoms with Crippen molar-refractivity contribution in [3.8, 4) is 0 Å². The SMILES string of the molecule is CCCN(CCC)CCCC1c2ccccc2Sc2ccccc21.Cl. The smallest absolute Gasteiger partial charge is 0.0160 e. The van der Waals surface area contributed by atoms with Crippen molar-refractivity contribution in [2.75, 3.05) is 19.6 Å². The number of hydrogen-bond acceptors (Lipinski definition) is 2. The Bertz CT molecular complexity index is 606. The third-order valence-electron chi connectivity index (χ3n) is 4.86. The van der Waals surface area contributed by atoms with Crippen LogP contribution in [-0.2, 0) is 0 Å². The molecule has 25 heavy (non-hydrogen) atoms. The van der Waals surface area contributed by atoms with Crippen molar-refractivity contribution in [2.45, 2.75) is 55.2 Å². The summed E-state index contributed by atoms with van der Waals surface area (Å²) >= 11 is 1.93. The van der Waals surface area contributed by atoms with E-state index in [4.69, 9.17) is 0 Å². The lowest BCUT2D eigenvalue weighted by atomic mass is 9.87. The Labute approximate surface area is 163 Å². The molecule has 3 heteroatoms. The van der Waals surface area contributed by atoms with Crippen LogP contribution in [0.1, 0.15) is 56.6 Å². The molecular weight excluding hydrogens is 346 g/mol. The average Bonchev–Trinajstić information content (AvgIpc) is 2.61. The zero-order chi connectivity index (χ0) is 16.8. The Hall–Kier alpha value is -0.960. The Balaban J connectivity index is 0.00000225. The molecule has 0 spiro atoms. The molecule has 2 aromatic carbocycles. The van der Waals surface area contributed by atoms with Gasteiger partial charge in [-0.25, -0.2) is 0 Å². The standard InChI is InChI=1S/C22H29NS.ClH/c1-3-15-23(16-4-2)17-9-12-18-19-10-5-7-13-21(19)24-22-14-8-6-11-20(18)22;/h5-8,10-11,13-14,18H,3-4,9,12,15-17H2,1-2H3;1H. The number of benzene rings is 2. The van der Waals surface area contributed by atoms with E-state index in [1.165, 1.54) is 66.2 Å². The fourth-order valence-corrected chi connectivity index (χ4v) is 4.99. The van der Waals surface area contributed by atoms with Crippen LogP contribution in [0.15, 0.2) is 58.3 Å². The second-order valence-corrected chi connectivity index (χ2v) is 7.80. The van der Waals surface area contributed by atoms with Crippen LogP contribution in [0.4, 0.5) is 0 Å². The molecule has 0 amide bonds. The van der Waals surface area contributed by atoms with E-state index >= 15 is 0 Å². The lowest BCUT2D eigenvalue weighted by Gasteiger charge is -2.29. The molecule has 1 nitrogen and oxygen atoms in total. The second kappa shape index (κ2) is 10.3. The molecule has 0 aliphatic carbocycles. The summed E-state index contributed by atoms with van der Waals surface area (Å²) in [5, 5.41) is 0. The molecule has 2 aromatic rings. The van der Waals surface area contributed by atoms with Gasteiger partial charge in [0.1, 0.15) is 0 Å². The summed E-state index contributed by atoms with van der Waals surface area (Å²) < 4.78 is 0. The first-order valence-corrected chi connectivity index (χ1v) is 10.2. The predicted molar refractivity (Wildman–Crippen MR) is 112 cm³/mol. The van der Waals surface area contributed by atoms with E-state index in [2.05, 4.69) is 67.3 Å². The summed E-state index contributed by atoms with van der Waals surface area (Å²) in [6, 6.07) is 18.0. The summed E-state index contributed by atoms with van der Waals surface area (Å²) in [5.74, 6) is 0.559. The van der Waals surface area contributed by atoms with Crippen LogP contribution >= 0.6 is 24.2 Å². The molecule has 0 saturated heterocycles. The van der Waals surface area contributed by atoms with E-state index < -0.39 is 0 Å². The molecule has 0 N–H and O–H groups in total. The first-order chi connectivity index (χ1) is 11.8. The van der Waals surface area contributed by atoms with Crippen molar-refractivity contribution in [1.82, 2.24) is 4.90 Å². The minimum absolute atomic E-state index is 0. The van der Waals surface area contributed by atoms with E-state index in [0.717, 1.165) is 0 Å². The molecule has 0 fully saturated rings. The molecule has 0 radical (unpaired) electrons. The molecule has 0 unspecified atom stereocenters. The van der Waals surface area contributed by atoms with Crippen molar-refractivity contribution >= 4 is 24.2 Å². The Morgan fingerprint density at radius 1 is 0.800 bits per heavy atom. The molecule has 0 bridgehead atoms. The lowest BCUT2D eigenvalue weighted by Crippen LogP contribution is -2.27. The molecule has 1 heterocycles. The van der Waals surface area contributed by atoms with Crippen LogP contribution in [0.2, 0.25) is 0 Å². The first kappa shape index (κ1) is 20.4. The summed E-state index contributed by atoms with van der Waals surface area (Å²) in [5.41, 5.74) is 3.05. The Kier molecular flexibility index (Phi) is 8.35. The molecule has 136 valence electrons. The van der Waals surface area contributed by atoms with E-state index in [1.807, 2.05) is 11.8 Å². The first-order valence-electron chi connectivity index (χ1n) is 9.41. The summed E-state index contributed by atoms with van der Waals surface area (Å²) in [4.78, 5) is 5.52. The maximum atomic E-state index is 2.63. The van der Waals surface area contributed by atoms with Gasteiger partial charge in [-0.1, -0.05) is 62.0 Å². The fraction of sp³-hybridized carbons (Fsp3) is 0.455. The third kappa shape index (κ3) is 5.03. The maximum absolute atomic E-state index is 2.63. The lowest BCUT2D eigenvalue weighted by molar-refractivity contribution is 0.267. The third-order valence-corrected chi connectivity index (χ3v) is 6.04. The van der Waals surface area contributed by atoms with Gasteiger partial charge in [-0.3, -0.25) is 0 Å². The summed E-state index contributed by atoms with van der Waals surface area (Å²) in [6.07, 6.45) is 5.04. The van der Waals surface area contributed by atoms with E-state index in [9.17, 15) is 0 Å². The van der Waals surface area contributed by atoms with Crippen molar-refractivity contribution in [3.63, 3.8) is 0 Å². The van der Waals surface area contributed by atoms with Crippen molar-refractivity contribution in [3.05, 3.63) is 59.7 Å². The minimum atomic E-state index is 0. The van der Waals surface area contributed by atoms with E-state index in [1.54, 1.807) is 0 Å². The highest BCUT2D eigenvalue weighted by Gasteiger charge is 2.25. The van der Waals surface area contributed by atoms with Crippen LogP contribution < -0.4 is 0 Å². The molecule has 3 rings (SSSR count). The van der Waals surface area contributed by atoms with Gasteiger partial charge in [-0.05, 0) is 68.6 Å². The monoisotopic (exact) mass is 375 g/mol. The predicted octanol–water partition coefficient (Wildman–Crippen LogP) is 6.61. The van der Waals surface area contributed by atoms with Gasteiger partial charge in [0.25, 0.3) is 0 Å². The van der Waals surface area contributed by atoms with Gasteiger partial charge in [-0.15, -0.1) is 12.4 Å². The number of nitrogens with zero attached hydrogens (tertiary/aromatic N) is 1. The topological polar surface area (TPSA) is 3.24 Å². The van der Waals surface area contributed by atoms with Gasteiger partial charge in [-0.2, -0.15) is 0 Å². The van der Waals surface area contributed by atoms with Gasteiger partial charge in [0.2, 0.25) is 0 Å². The van der Waals surface area contributed by atoms with Crippen LogP contribution in [0.3, 0.4) is 0 Å². The zero-order valence-corrected chi connectivity index (χ0v) is 17.0. The fourth-order valence-electron chi connectivity index (χ4n) is 3.81. The molecule has 0 atom stereocenters. The van der Waals surface area contributed by atoms with Crippen LogP contribution in [0.25, 0.3) is 0 Å². The minimum Gasteiger partial charge on any atom is -0.303 e. The second-order valence-electron chi connectivity index (χ2n) is 6.71. The Morgan fingerprint density at radius 2 is 1.32 bits per heavy atom. The Morgan fingerprint density at radius 3 is 1.84 bits per heavy atom. The number of fused-ring (bicyclic) bond motifs is 2. The van der Waals surface area contributed by atoms with Crippen molar-refractivity contribution in [1.29, 1.82) is 0 Å². The highest BCUT2D eigenvalue weighted by molar-refractivity contribution is 7.99. The van der Waals surface area contributed by atoms with Crippen molar-refractivity contribution < 1.29 is 0 Å². The molecular formula is C22H30ClNS. The van der Waals surface area contributed by atoms with Gasteiger partial charge >= 0.3 is 0 Å². The number of halogens is 1. The highest BCUT2D eigenvalue weighted by atomic mass is 35.5. The van der Waals surface area contributed by atoms with Gasteiger partial charge in [0.15, 0.2) is 0 Å². The molecule has 0 aromatic heterocycles. The van der Waals surface area contributed by atoms with Gasteiger partial charge in [0, 0.05) is 15.7 Å². The van der Waals surface area contributed by atoms with E-state index in [0.29, 0.717) is 5.92 Å². The molecule has 1 aliphatic rings. The highest BCUT2D eigenvalue weighted by Crippen LogP contribution is 2.47. The van der Waals surface area contributed by atoms with Crippen molar-refractivity contribution in [2.24, 2.45) is 0 Å². The average molecular weight is 376 g/mol. The maximum Gasteiger partial charge on any atom is 0.0160 e. The molecule has 1 aliphatic heterocycles. The quantitative estimate of drug-likeness (QED) is 0.510. The molecule has 0 saturated carbocycles. The van der Waals surface area contributed by atoms with Crippen LogP contribution in [-0.4, -0.2) is 24.5 Å². The summed E-state index contributed by atoms with van der Waals surface area (Å²) in [7, 11) is 0. The normalized spacial score (nSPS) is 13.2. The van der Waals surface area contributed by atoms with E-state index in [-0.39, 0.29) is 12.4 Å². The number of rotatable bonds is 8. The summed E-state index contributed by atoms with van der Waals surface area (Å²) in [6.45, 7) is 8.28. The van der Waals surface area contributed by atoms with Gasteiger partial charge < -0.3 is 4.90 Å². The largest absolute Gasteiger partial charge is 0.303 e.